The van der Waals surface area contributed by atoms with Crippen molar-refractivity contribution in [3.8, 4) is 11.5 Å². The molecule has 0 aliphatic rings. The van der Waals surface area contributed by atoms with E-state index < -0.39 is 5.82 Å². The minimum absolute atomic E-state index is 0.395. The number of pyridine rings is 1. The number of rotatable bonds is 2. The molecule has 0 saturated carbocycles. The molecule has 2 aromatic rings. The molecule has 5 nitrogen and oxygen atoms in total. The van der Waals surface area contributed by atoms with Gasteiger partial charge in [-0.25, -0.2) is 25.2 Å². The number of aryl methyl sites for hydroxylation is 1. The highest BCUT2D eigenvalue weighted by atomic mass is 19.1. The molecule has 0 aliphatic heterocycles. The van der Waals surface area contributed by atoms with Crippen molar-refractivity contribution in [2.45, 2.75) is 6.92 Å². The van der Waals surface area contributed by atoms with Crippen LogP contribution in [0.4, 0.5) is 10.2 Å². The lowest BCUT2D eigenvalue weighted by Crippen LogP contribution is -2.10. The molecule has 2 heterocycles. The van der Waals surface area contributed by atoms with Crippen LogP contribution in [0.15, 0.2) is 24.4 Å². The largest absolute Gasteiger partial charge is 0.308 e. The standard InChI is InChI=1S/C10H10FN5/c1-6-4-9(16-12)15-10(14-6)8-3-2-7(11)5-13-8/h2-5H,12H2,1H3,(H,14,15,16). The summed E-state index contributed by atoms with van der Waals surface area (Å²) in [6.45, 7) is 1.82. The molecule has 0 radical (unpaired) electrons. The van der Waals surface area contributed by atoms with E-state index >= 15 is 0 Å². The number of nitrogens with two attached hydrogens (primary N) is 1. The second-order valence-corrected chi connectivity index (χ2v) is 3.22. The highest BCUT2D eigenvalue weighted by Crippen LogP contribution is 2.15. The van der Waals surface area contributed by atoms with E-state index in [0.717, 1.165) is 11.9 Å². The second-order valence-electron chi connectivity index (χ2n) is 3.22. The fourth-order valence-corrected chi connectivity index (χ4v) is 1.27. The summed E-state index contributed by atoms with van der Waals surface area (Å²) in [6, 6.07) is 4.53. The SMILES string of the molecule is Cc1cc(NN)nc(-c2ccc(F)cn2)n1. The molecule has 82 valence electrons. The van der Waals surface area contributed by atoms with E-state index in [1.54, 1.807) is 6.07 Å². The summed E-state index contributed by atoms with van der Waals surface area (Å²) in [5, 5.41) is 0. The fraction of sp³-hybridized carbons (Fsp3) is 0.100. The van der Waals surface area contributed by atoms with Crippen LogP contribution in [0.25, 0.3) is 11.5 Å². The first-order valence-electron chi connectivity index (χ1n) is 4.63. The molecule has 0 fully saturated rings. The Morgan fingerprint density at radius 1 is 1.31 bits per heavy atom. The summed E-state index contributed by atoms with van der Waals surface area (Å²) in [7, 11) is 0. The number of halogens is 1. The van der Waals surface area contributed by atoms with Crippen molar-refractivity contribution in [1.29, 1.82) is 0 Å². The van der Waals surface area contributed by atoms with Crippen LogP contribution in [0.1, 0.15) is 5.69 Å². The van der Waals surface area contributed by atoms with Crippen molar-refractivity contribution in [3.05, 3.63) is 35.9 Å². The predicted octanol–water partition coefficient (Wildman–Crippen LogP) is 1.27. The van der Waals surface area contributed by atoms with Gasteiger partial charge >= 0.3 is 0 Å². The molecule has 0 amide bonds. The van der Waals surface area contributed by atoms with Crippen LogP contribution in [0, 0.1) is 12.7 Å². The highest BCUT2D eigenvalue weighted by molar-refractivity contribution is 5.52. The van der Waals surface area contributed by atoms with E-state index in [9.17, 15) is 4.39 Å². The van der Waals surface area contributed by atoms with E-state index in [1.165, 1.54) is 12.1 Å². The van der Waals surface area contributed by atoms with Crippen LogP contribution >= 0.6 is 0 Å². The lowest BCUT2D eigenvalue weighted by molar-refractivity contribution is 0.621. The number of aromatic nitrogens is 3. The number of nitrogens with zero attached hydrogens (tertiary/aromatic N) is 3. The zero-order valence-electron chi connectivity index (χ0n) is 8.61. The number of nitrogen functional groups attached to an aromatic ring is 1. The summed E-state index contributed by atoms with van der Waals surface area (Å²) in [5.74, 6) is 5.78. The van der Waals surface area contributed by atoms with Gasteiger partial charge in [-0.1, -0.05) is 0 Å². The van der Waals surface area contributed by atoms with Crippen LogP contribution in [0.5, 0.6) is 0 Å². The third-order valence-electron chi connectivity index (χ3n) is 1.96. The first-order chi connectivity index (χ1) is 7.69. The molecule has 16 heavy (non-hydrogen) atoms. The Labute approximate surface area is 91.5 Å². The third kappa shape index (κ3) is 2.12. The Hall–Kier alpha value is -2.08. The van der Waals surface area contributed by atoms with Crippen molar-refractivity contribution in [2.24, 2.45) is 5.84 Å². The monoisotopic (exact) mass is 219 g/mol. The summed E-state index contributed by atoms with van der Waals surface area (Å²) >= 11 is 0. The fourth-order valence-electron chi connectivity index (χ4n) is 1.27. The molecular formula is C10H10FN5. The summed E-state index contributed by atoms with van der Waals surface area (Å²) in [4.78, 5) is 12.2. The maximum atomic E-state index is 12.7. The van der Waals surface area contributed by atoms with Gasteiger partial charge < -0.3 is 5.43 Å². The number of anilines is 1. The minimum Gasteiger partial charge on any atom is -0.308 e. The Kier molecular flexibility index (Phi) is 2.74. The zero-order chi connectivity index (χ0) is 11.5. The Balaban J connectivity index is 2.47. The molecule has 0 aliphatic carbocycles. The van der Waals surface area contributed by atoms with Gasteiger partial charge in [-0.15, -0.1) is 0 Å². The second kappa shape index (κ2) is 4.19. The number of hydrogen-bond donors (Lipinski definition) is 2. The van der Waals surface area contributed by atoms with Crippen LogP contribution in [-0.4, -0.2) is 15.0 Å². The van der Waals surface area contributed by atoms with Gasteiger partial charge in [0.05, 0.1) is 6.20 Å². The lowest BCUT2D eigenvalue weighted by Gasteiger charge is -2.04. The van der Waals surface area contributed by atoms with Crippen molar-refractivity contribution in [1.82, 2.24) is 15.0 Å². The lowest BCUT2D eigenvalue weighted by atomic mass is 10.3. The average molecular weight is 219 g/mol. The van der Waals surface area contributed by atoms with E-state index in [0.29, 0.717) is 17.3 Å². The van der Waals surface area contributed by atoms with Gasteiger partial charge in [-0.2, -0.15) is 0 Å². The number of hydrogen-bond acceptors (Lipinski definition) is 5. The normalized spacial score (nSPS) is 10.2. The Morgan fingerprint density at radius 2 is 2.12 bits per heavy atom. The summed E-state index contributed by atoms with van der Waals surface area (Å²) in [5.41, 5.74) is 3.69. The molecule has 0 atom stereocenters. The van der Waals surface area contributed by atoms with Crippen molar-refractivity contribution >= 4 is 5.82 Å². The van der Waals surface area contributed by atoms with Crippen molar-refractivity contribution in [2.75, 3.05) is 5.43 Å². The quantitative estimate of drug-likeness (QED) is 0.587. The Bertz CT molecular complexity index is 497. The molecule has 6 heteroatoms. The first-order valence-corrected chi connectivity index (χ1v) is 4.63. The molecule has 0 saturated heterocycles. The van der Waals surface area contributed by atoms with Gasteiger partial charge in [0.15, 0.2) is 5.82 Å². The van der Waals surface area contributed by atoms with Crippen LogP contribution < -0.4 is 11.3 Å². The molecule has 0 aromatic carbocycles. The van der Waals surface area contributed by atoms with Gasteiger partial charge in [0.2, 0.25) is 0 Å². The van der Waals surface area contributed by atoms with Gasteiger partial charge in [0.1, 0.15) is 17.3 Å². The smallest absolute Gasteiger partial charge is 0.180 e. The third-order valence-corrected chi connectivity index (χ3v) is 1.96. The summed E-state index contributed by atoms with van der Waals surface area (Å²) in [6.07, 6.45) is 1.12. The number of hydrazine groups is 1. The predicted molar refractivity (Wildman–Crippen MR) is 57.8 cm³/mol. The van der Waals surface area contributed by atoms with Gasteiger partial charge in [-0.05, 0) is 19.1 Å². The highest BCUT2D eigenvalue weighted by Gasteiger charge is 2.05. The minimum atomic E-state index is -0.395. The van der Waals surface area contributed by atoms with Crippen LogP contribution in [0.3, 0.4) is 0 Å². The Morgan fingerprint density at radius 3 is 2.75 bits per heavy atom. The maximum absolute atomic E-state index is 12.7. The van der Waals surface area contributed by atoms with E-state index in [1.807, 2.05) is 6.92 Å². The topological polar surface area (TPSA) is 76.7 Å². The zero-order valence-corrected chi connectivity index (χ0v) is 8.61. The first kappa shape index (κ1) is 10.4. The summed E-state index contributed by atoms with van der Waals surface area (Å²) < 4.78 is 12.7. The van der Waals surface area contributed by atoms with E-state index in [4.69, 9.17) is 5.84 Å². The maximum Gasteiger partial charge on any atom is 0.180 e. The molecular weight excluding hydrogens is 209 g/mol. The molecule has 0 spiro atoms. The molecule has 0 bridgehead atoms. The van der Waals surface area contributed by atoms with E-state index in [-0.39, 0.29) is 0 Å². The van der Waals surface area contributed by atoms with Gasteiger partial charge in [0, 0.05) is 11.8 Å². The van der Waals surface area contributed by atoms with Crippen molar-refractivity contribution in [3.63, 3.8) is 0 Å². The molecule has 3 N–H and O–H groups in total. The van der Waals surface area contributed by atoms with Crippen LogP contribution in [-0.2, 0) is 0 Å². The average Bonchev–Trinajstić information content (AvgIpc) is 2.29. The van der Waals surface area contributed by atoms with Crippen molar-refractivity contribution < 1.29 is 4.39 Å². The number of nitrogens with one attached hydrogen (secondary N) is 1. The van der Waals surface area contributed by atoms with Crippen LogP contribution in [0.2, 0.25) is 0 Å². The van der Waals surface area contributed by atoms with E-state index in [2.05, 4.69) is 20.4 Å². The van der Waals surface area contributed by atoms with Gasteiger partial charge in [0.25, 0.3) is 0 Å². The molecule has 2 rings (SSSR count). The van der Waals surface area contributed by atoms with Gasteiger partial charge in [-0.3, -0.25) is 0 Å². The molecule has 2 aromatic heterocycles. The molecule has 0 unspecified atom stereocenters.